The molecular formula is C50H32Si. The van der Waals surface area contributed by atoms with Crippen LogP contribution in [0.5, 0.6) is 0 Å². The molecule has 0 heterocycles. The van der Waals surface area contributed by atoms with Crippen LogP contribution in [0.2, 0.25) is 0 Å². The largest absolute Gasteiger partial charge is 0.121 e. The minimum atomic E-state index is 0.580. The van der Waals surface area contributed by atoms with Crippen LogP contribution < -0.4 is 10.4 Å². The molecule has 0 bridgehead atoms. The normalized spacial score (nSPS) is 11.6. The van der Waals surface area contributed by atoms with Crippen molar-refractivity contribution in [3.63, 3.8) is 0 Å². The Morgan fingerprint density at radius 3 is 1.61 bits per heavy atom. The zero-order chi connectivity index (χ0) is 33.7. The first-order valence-corrected chi connectivity index (χ1v) is 18.6. The fraction of sp³-hybridized carbons (Fsp3) is 0. The highest BCUT2D eigenvalue weighted by Crippen LogP contribution is 2.45. The third-order valence-electron chi connectivity index (χ3n) is 10.4. The van der Waals surface area contributed by atoms with Gasteiger partial charge in [-0.3, -0.25) is 0 Å². The molecule has 0 aliphatic rings. The summed E-state index contributed by atoms with van der Waals surface area (Å²) in [4.78, 5) is 0. The molecule has 10 aromatic rings. The fourth-order valence-corrected chi connectivity index (χ4v) is 9.17. The van der Waals surface area contributed by atoms with Crippen molar-refractivity contribution in [2.24, 2.45) is 0 Å². The molecule has 0 N–H and O–H groups in total. The lowest BCUT2D eigenvalue weighted by molar-refractivity contribution is 1.64. The maximum Gasteiger partial charge on any atom is 0.121 e. The molecule has 10 rings (SSSR count). The summed E-state index contributed by atoms with van der Waals surface area (Å²) in [5.74, 6) is 0. The third kappa shape index (κ3) is 5.05. The van der Waals surface area contributed by atoms with E-state index >= 15 is 0 Å². The highest BCUT2D eigenvalue weighted by Gasteiger charge is 2.19. The Bertz CT molecular complexity index is 2920. The molecule has 2 radical (unpaired) electrons. The van der Waals surface area contributed by atoms with E-state index in [0.717, 1.165) is 0 Å². The second-order valence-electron chi connectivity index (χ2n) is 13.3. The average Bonchev–Trinajstić information content (AvgIpc) is 3.20. The van der Waals surface area contributed by atoms with Crippen LogP contribution in [0.15, 0.2) is 194 Å². The second-order valence-corrected chi connectivity index (χ2v) is 14.7. The quantitative estimate of drug-likeness (QED) is 0.0979. The summed E-state index contributed by atoms with van der Waals surface area (Å²) in [7, 11) is 0.580. The molecule has 0 saturated carbocycles. The van der Waals surface area contributed by atoms with Crippen molar-refractivity contribution in [2.75, 3.05) is 0 Å². The smallest absolute Gasteiger partial charge is 0.0631 e. The van der Waals surface area contributed by atoms with Gasteiger partial charge in [0.1, 0.15) is 9.52 Å². The molecule has 0 fully saturated rings. The molecular weight excluding hydrogens is 629 g/mol. The van der Waals surface area contributed by atoms with Gasteiger partial charge in [0, 0.05) is 0 Å². The van der Waals surface area contributed by atoms with Crippen molar-refractivity contribution >= 4 is 73.8 Å². The number of rotatable bonds is 5. The van der Waals surface area contributed by atoms with Gasteiger partial charge >= 0.3 is 0 Å². The van der Waals surface area contributed by atoms with Gasteiger partial charge in [0.15, 0.2) is 0 Å². The van der Waals surface area contributed by atoms with E-state index < -0.39 is 0 Å². The molecule has 0 atom stereocenters. The molecule has 0 unspecified atom stereocenters. The Balaban J connectivity index is 1.22. The molecule has 0 saturated heterocycles. The van der Waals surface area contributed by atoms with Gasteiger partial charge < -0.3 is 0 Å². The van der Waals surface area contributed by atoms with Crippen LogP contribution in [-0.2, 0) is 0 Å². The predicted octanol–water partition coefficient (Wildman–Crippen LogP) is 12.1. The van der Waals surface area contributed by atoms with Gasteiger partial charge in [-0.25, -0.2) is 0 Å². The molecule has 10 aromatic carbocycles. The molecule has 51 heavy (non-hydrogen) atoms. The Kier molecular flexibility index (Phi) is 7.11. The van der Waals surface area contributed by atoms with Crippen molar-refractivity contribution in [3.05, 3.63) is 194 Å². The number of benzene rings is 10. The third-order valence-corrected chi connectivity index (χ3v) is 11.6. The van der Waals surface area contributed by atoms with E-state index in [-0.39, 0.29) is 0 Å². The number of hydrogen-bond acceptors (Lipinski definition) is 0. The first-order chi connectivity index (χ1) is 25.3. The van der Waals surface area contributed by atoms with E-state index in [4.69, 9.17) is 0 Å². The SMILES string of the molecule is c1ccc([Si]c2ccc3c(-c4cccc5ccccc45)c4ccccc4c(-c4ccc(-c5cc6ccccc6c6ccccc56)cc4)c3c2)cc1. The second kappa shape index (κ2) is 12.2. The Morgan fingerprint density at radius 1 is 0.255 bits per heavy atom. The molecule has 1 heteroatoms. The van der Waals surface area contributed by atoms with Gasteiger partial charge in [-0.15, -0.1) is 0 Å². The van der Waals surface area contributed by atoms with Gasteiger partial charge in [-0.05, 0) is 93.3 Å². The molecule has 236 valence electrons. The van der Waals surface area contributed by atoms with E-state index in [9.17, 15) is 0 Å². The predicted molar refractivity (Wildman–Crippen MR) is 222 cm³/mol. The topological polar surface area (TPSA) is 0 Å². The fourth-order valence-electron chi connectivity index (χ4n) is 8.10. The zero-order valence-corrected chi connectivity index (χ0v) is 29.0. The maximum atomic E-state index is 2.46. The standard InChI is InChI=1S/C50H32Si/c1-2-16-37(17-3-1)51-38-29-30-46-48(32-38)49(44-22-10-11-23-45(44)50(46)43-24-12-15-33-13-4-6-18-39(33)43)35-27-25-34(26-28-35)47-31-36-14-5-7-19-40(36)41-20-8-9-21-42(41)47/h1-32H. The molecule has 0 aliphatic carbocycles. The van der Waals surface area contributed by atoms with Crippen LogP contribution in [0.1, 0.15) is 0 Å². The van der Waals surface area contributed by atoms with Gasteiger partial charge in [0.25, 0.3) is 0 Å². The van der Waals surface area contributed by atoms with Gasteiger partial charge in [-0.2, -0.15) is 0 Å². The first-order valence-electron chi connectivity index (χ1n) is 17.6. The Morgan fingerprint density at radius 2 is 0.824 bits per heavy atom. The molecule has 0 amide bonds. The molecule has 0 aromatic heterocycles. The van der Waals surface area contributed by atoms with Crippen molar-refractivity contribution < 1.29 is 0 Å². The Hall–Kier alpha value is -6.28. The minimum absolute atomic E-state index is 0.580. The van der Waals surface area contributed by atoms with Crippen LogP contribution in [0.4, 0.5) is 0 Å². The number of hydrogen-bond donors (Lipinski definition) is 0. The zero-order valence-electron chi connectivity index (χ0n) is 28.0. The monoisotopic (exact) mass is 660 g/mol. The van der Waals surface area contributed by atoms with Gasteiger partial charge in [0.05, 0.1) is 0 Å². The molecule has 0 aliphatic heterocycles. The van der Waals surface area contributed by atoms with Crippen molar-refractivity contribution in [1.29, 1.82) is 0 Å². The van der Waals surface area contributed by atoms with E-state index in [0.29, 0.717) is 9.52 Å². The van der Waals surface area contributed by atoms with E-state index in [1.165, 1.54) is 97.6 Å². The summed E-state index contributed by atoms with van der Waals surface area (Å²) in [6.45, 7) is 0. The molecule has 0 spiro atoms. The van der Waals surface area contributed by atoms with Crippen LogP contribution in [0.25, 0.3) is 87.2 Å². The highest BCUT2D eigenvalue weighted by atomic mass is 28.2. The lowest BCUT2D eigenvalue weighted by Crippen LogP contribution is -2.26. The van der Waals surface area contributed by atoms with Crippen LogP contribution >= 0.6 is 0 Å². The summed E-state index contributed by atoms with van der Waals surface area (Å²) in [5.41, 5.74) is 7.60. The van der Waals surface area contributed by atoms with E-state index in [1.807, 2.05) is 0 Å². The Labute approximate surface area is 300 Å². The van der Waals surface area contributed by atoms with Gasteiger partial charge in [-0.1, -0.05) is 198 Å². The van der Waals surface area contributed by atoms with E-state index in [2.05, 4.69) is 194 Å². The van der Waals surface area contributed by atoms with Crippen molar-refractivity contribution in [2.45, 2.75) is 0 Å². The lowest BCUT2D eigenvalue weighted by Gasteiger charge is -2.20. The van der Waals surface area contributed by atoms with Crippen LogP contribution in [-0.4, -0.2) is 9.52 Å². The van der Waals surface area contributed by atoms with Crippen LogP contribution in [0.3, 0.4) is 0 Å². The lowest BCUT2D eigenvalue weighted by atomic mass is 9.84. The number of fused-ring (bicyclic) bond motifs is 6. The minimum Gasteiger partial charge on any atom is -0.0631 e. The summed E-state index contributed by atoms with van der Waals surface area (Å²) in [6, 6.07) is 71.7. The summed E-state index contributed by atoms with van der Waals surface area (Å²) in [5, 5.41) is 15.5. The average molecular weight is 661 g/mol. The highest BCUT2D eigenvalue weighted by molar-refractivity contribution is 6.67. The van der Waals surface area contributed by atoms with Crippen molar-refractivity contribution in [3.8, 4) is 33.4 Å². The maximum absolute atomic E-state index is 2.46. The summed E-state index contributed by atoms with van der Waals surface area (Å²) in [6.07, 6.45) is 0. The van der Waals surface area contributed by atoms with Crippen molar-refractivity contribution in [1.82, 2.24) is 0 Å². The molecule has 0 nitrogen and oxygen atoms in total. The van der Waals surface area contributed by atoms with E-state index in [1.54, 1.807) is 0 Å². The van der Waals surface area contributed by atoms with Crippen LogP contribution in [0, 0.1) is 0 Å². The summed E-state index contributed by atoms with van der Waals surface area (Å²) < 4.78 is 0. The van der Waals surface area contributed by atoms with Gasteiger partial charge in [0.2, 0.25) is 0 Å². The summed E-state index contributed by atoms with van der Waals surface area (Å²) >= 11 is 0. The first kappa shape index (κ1) is 29.6.